The predicted octanol–water partition coefficient (Wildman–Crippen LogP) is 5.35. The Morgan fingerprint density at radius 3 is 2.53 bits per heavy atom. The summed E-state index contributed by atoms with van der Waals surface area (Å²) in [5.74, 6) is -1.19. The fraction of sp³-hybridized carbons (Fsp3) is 0.241. The van der Waals surface area contributed by atoms with Gasteiger partial charge in [0.05, 0.1) is 19.3 Å². The van der Waals surface area contributed by atoms with Crippen LogP contribution >= 0.6 is 0 Å². The molecule has 0 spiro atoms. The van der Waals surface area contributed by atoms with Crippen LogP contribution in [0.1, 0.15) is 34.3 Å². The highest BCUT2D eigenvalue weighted by atomic mass is 19.1. The number of halogens is 1. The lowest BCUT2D eigenvalue weighted by molar-refractivity contribution is -0.140. The quantitative estimate of drug-likeness (QED) is 0.223. The van der Waals surface area contributed by atoms with Gasteiger partial charge in [0.25, 0.3) is 11.8 Å². The van der Waals surface area contributed by atoms with Crippen molar-refractivity contribution < 1.29 is 28.0 Å². The van der Waals surface area contributed by atoms with Crippen LogP contribution in [-0.4, -0.2) is 42.8 Å². The lowest BCUT2D eigenvalue weighted by Crippen LogP contribution is -2.25. The summed E-state index contributed by atoms with van der Waals surface area (Å²) >= 11 is 0. The largest absolute Gasteiger partial charge is 0.469 e. The number of amides is 1. The highest BCUT2D eigenvalue weighted by Gasteiger charge is 2.17. The standard InChI is InChI=1S/C29H28FN3O5/c1-18-7-4-5-8-22(18)23-12-11-20(15-21(23)17-36-2)29-32-27(33-38-29)19-10-13-24(25(30)16-19)28(35)31-14-6-9-26(34)37-3/h4-5,7-8,10-13,15-16H,6,9,14,17H2,1-3H3,(H,31,35). The Hall–Kier alpha value is -4.37. The molecule has 0 saturated carbocycles. The molecule has 0 aliphatic carbocycles. The van der Waals surface area contributed by atoms with E-state index in [-0.39, 0.29) is 36.2 Å². The van der Waals surface area contributed by atoms with Gasteiger partial charge in [0.15, 0.2) is 0 Å². The Bertz CT molecular complexity index is 1450. The van der Waals surface area contributed by atoms with Crippen molar-refractivity contribution in [1.82, 2.24) is 15.5 Å². The number of carbonyl (C=O) groups is 2. The van der Waals surface area contributed by atoms with Crippen molar-refractivity contribution in [3.63, 3.8) is 0 Å². The van der Waals surface area contributed by atoms with Crippen molar-refractivity contribution >= 4 is 11.9 Å². The van der Waals surface area contributed by atoms with Gasteiger partial charge in [-0.2, -0.15) is 4.98 Å². The first-order valence-electron chi connectivity index (χ1n) is 12.1. The van der Waals surface area contributed by atoms with E-state index in [4.69, 9.17) is 9.26 Å². The zero-order chi connectivity index (χ0) is 27.1. The number of aryl methyl sites for hydroxylation is 1. The van der Waals surface area contributed by atoms with Crippen molar-refractivity contribution in [1.29, 1.82) is 0 Å². The van der Waals surface area contributed by atoms with E-state index in [1.165, 1.54) is 19.2 Å². The first-order valence-corrected chi connectivity index (χ1v) is 12.1. The fourth-order valence-electron chi connectivity index (χ4n) is 4.07. The molecule has 1 amide bonds. The van der Waals surface area contributed by atoms with E-state index >= 15 is 0 Å². The van der Waals surface area contributed by atoms with Crippen molar-refractivity contribution in [3.8, 4) is 34.0 Å². The molecule has 4 rings (SSSR count). The maximum Gasteiger partial charge on any atom is 0.305 e. The molecule has 1 N–H and O–H groups in total. The number of benzene rings is 3. The fourth-order valence-corrected chi connectivity index (χ4v) is 4.07. The molecule has 0 unspecified atom stereocenters. The van der Waals surface area contributed by atoms with Gasteiger partial charge in [-0.15, -0.1) is 0 Å². The second-order valence-corrected chi connectivity index (χ2v) is 8.67. The summed E-state index contributed by atoms with van der Waals surface area (Å²) in [4.78, 5) is 27.9. The van der Waals surface area contributed by atoms with E-state index in [1.54, 1.807) is 13.2 Å². The zero-order valence-electron chi connectivity index (χ0n) is 21.4. The first-order chi connectivity index (χ1) is 18.4. The van der Waals surface area contributed by atoms with Gasteiger partial charge in [-0.05, 0) is 59.9 Å². The Labute approximate surface area is 219 Å². The van der Waals surface area contributed by atoms with Gasteiger partial charge in [-0.1, -0.05) is 41.6 Å². The monoisotopic (exact) mass is 517 g/mol. The Kier molecular flexibility index (Phi) is 8.60. The summed E-state index contributed by atoms with van der Waals surface area (Å²) < 4.78 is 30.2. The third kappa shape index (κ3) is 6.12. The summed E-state index contributed by atoms with van der Waals surface area (Å²) in [5.41, 5.74) is 5.23. The summed E-state index contributed by atoms with van der Waals surface area (Å²) in [6.07, 6.45) is 0.557. The minimum absolute atomic E-state index is 0.119. The van der Waals surface area contributed by atoms with Crippen LogP contribution in [0.3, 0.4) is 0 Å². The molecule has 8 nitrogen and oxygen atoms in total. The average Bonchev–Trinajstić information content (AvgIpc) is 3.42. The highest BCUT2D eigenvalue weighted by molar-refractivity contribution is 5.95. The van der Waals surface area contributed by atoms with Crippen molar-refractivity contribution in [2.75, 3.05) is 20.8 Å². The van der Waals surface area contributed by atoms with Crippen LogP contribution in [-0.2, 0) is 20.9 Å². The van der Waals surface area contributed by atoms with Crippen molar-refractivity contribution in [3.05, 3.63) is 83.2 Å². The minimum Gasteiger partial charge on any atom is -0.469 e. The molecule has 0 radical (unpaired) electrons. The Morgan fingerprint density at radius 2 is 1.79 bits per heavy atom. The number of ether oxygens (including phenoxy) is 2. The molecule has 0 bridgehead atoms. The number of methoxy groups -OCH3 is 2. The molecular formula is C29H28FN3O5. The normalized spacial score (nSPS) is 10.8. The van der Waals surface area contributed by atoms with Gasteiger partial charge in [0.2, 0.25) is 5.82 Å². The predicted molar refractivity (Wildman–Crippen MR) is 140 cm³/mol. The smallest absolute Gasteiger partial charge is 0.305 e. The molecular weight excluding hydrogens is 489 g/mol. The van der Waals surface area contributed by atoms with Gasteiger partial charge < -0.3 is 19.3 Å². The molecule has 38 heavy (non-hydrogen) atoms. The molecule has 0 saturated heterocycles. The second-order valence-electron chi connectivity index (χ2n) is 8.67. The third-order valence-electron chi connectivity index (χ3n) is 6.06. The Balaban J connectivity index is 1.51. The molecule has 1 heterocycles. The van der Waals surface area contributed by atoms with E-state index in [9.17, 15) is 14.0 Å². The third-order valence-corrected chi connectivity index (χ3v) is 6.06. The van der Waals surface area contributed by atoms with Gasteiger partial charge in [0, 0.05) is 31.2 Å². The second kappa shape index (κ2) is 12.2. The summed E-state index contributed by atoms with van der Waals surface area (Å²) in [7, 11) is 2.94. The lowest BCUT2D eigenvalue weighted by atomic mass is 9.94. The number of hydrogen-bond acceptors (Lipinski definition) is 7. The lowest BCUT2D eigenvalue weighted by Gasteiger charge is -2.12. The highest BCUT2D eigenvalue weighted by Crippen LogP contribution is 2.32. The van der Waals surface area contributed by atoms with E-state index in [0.717, 1.165) is 22.3 Å². The van der Waals surface area contributed by atoms with Crippen molar-refractivity contribution in [2.24, 2.45) is 0 Å². The van der Waals surface area contributed by atoms with Crippen LogP contribution in [0.2, 0.25) is 0 Å². The molecule has 0 aliphatic heterocycles. The molecule has 0 fully saturated rings. The van der Waals surface area contributed by atoms with Crippen molar-refractivity contribution in [2.45, 2.75) is 26.4 Å². The van der Waals surface area contributed by atoms with Gasteiger partial charge >= 0.3 is 5.97 Å². The number of nitrogens with zero attached hydrogens (tertiary/aromatic N) is 2. The maximum absolute atomic E-state index is 14.7. The van der Waals surface area contributed by atoms with E-state index in [0.29, 0.717) is 24.2 Å². The zero-order valence-corrected chi connectivity index (χ0v) is 21.4. The first kappa shape index (κ1) is 26.7. The van der Waals surface area contributed by atoms with Crippen LogP contribution in [0.15, 0.2) is 65.2 Å². The van der Waals surface area contributed by atoms with Gasteiger partial charge in [-0.3, -0.25) is 9.59 Å². The van der Waals surface area contributed by atoms with Crippen LogP contribution in [0.25, 0.3) is 34.0 Å². The van der Waals surface area contributed by atoms with Crippen LogP contribution in [0.4, 0.5) is 4.39 Å². The Morgan fingerprint density at radius 1 is 1.00 bits per heavy atom. The molecule has 196 valence electrons. The minimum atomic E-state index is -0.718. The van der Waals surface area contributed by atoms with E-state index in [2.05, 4.69) is 39.3 Å². The molecule has 0 aliphatic rings. The molecule has 0 atom stereocenters. The van der Waals surface area contributed by atoms with Crippen LogP contribution < -0.4 is 5.32 Å². The van der Waals surface area contributed by atoms with Gasteiger partial charge in [0.1, 0.15) is 5.82 Å². The molecule has 4 aromatic rings. The summed E-state index contributed by atoms with van der Waals surface area (Å²) in [5, 5.41) is 6.60. The topological polar surface area (TPSA) is 104 Å². The summed E-state index contributed by atoms with van der Waals surface area (Å²) in [6.45, 7) is 2.68. The number of hydrogen-bond donors (Lipinski definition) is 1. The van der Waals surface area contributed by atoms with E-state index < -0.39 is 11.7 Å². The SMILES string of the molecule is COCc1cc(-c2nc(-c3ccc(C(=O)NCCCC(=O)OC)c(F)c3)no2)ccc1-c1ccccc1C. The average molecular weight is 518 g/mol. The van der Waals surface area contributed by atoms with Crippen LogP contribution in [0, 0.1) is 12.7 Å². The maximum atomic E-state index is 14.7. The number of nitrogens with one attached hydrogen (secondary N) is 1. The number of esters is 1. The molecule has 1 aromatic heterocycles. The molecule has 3 aromatic carbocycles. The van der Waals surface area contributed by atoms with E-state index in [1.807, 2.05) is 30.3 Å². The number of rotatable bonds is 10. The van der Waals surface area contributed by atoms with Crippen LogP contribution in [0.5, 0.6) is 0 Å². The molecule has 9 heteroatoms. The number of carbonyl (C=O) groups excluding carboxylic acids is 2. The number of aromatic nitrogens is 2. The summed E-state index contributed by atoms with van der Waals surface area (Å²) in [6, 6.07) is 18.1. The van der Waals surface area contributed by atoms with Gasteiger partial charge in [-0.25, -0.2) is 4.39 Å².